The first-order valence-corrected chi connectivity index (χ1v) is 5.58. The lowest BCUT2D eigenvalue weighted by Crippen LogP contribution is -2.08. The number of benzene rings is 2. The first kappa shape index (κ1) is 10.2. The Labute approximate surface area is 104 Å². The van der Waals surface area contributed by atoms with Crippen molar-refractivity contribution in [2.75, 3.05) is 19.0 Å². The maximum atomic E-state index is 7.96. The molecule has 0 amide bonds. The molecule has 0 bridgehead atoms. The number of hydrogen-bond donors (Lipinski definition) is 0. The van der Waals surface area contributed by atoms with Crippen LogP contribution in [0.15, 0.2) is 54.6 Å². The summed E-state index contributed by atoms with van der Waals surface area (Å²) in [7, 11) is 3.99. The van der Waals surface area contributed by atoms with Gasteiger partial charge in [-0.2, -0.15) is 0 Å². The van der Waals surface area contributed by atoms with E-state index in [2.05, 4.69) is 0 Å². The predicted molar refractivity (Wildman–Crippen MR) is 71.5 cm³/mol. The molecule has 0 spiro atoms. The highest BCUT2D eigenvalue weighted by Gasteiger charge is 1.97. The van der Waals surface area contributed by atoms with E-state index in [-0.39, 0.29) is 0 Å². The summed E-state index contributed by atoms with van der Waals surface area (Å²) in [5, 5.41) is 0. The Balaban J connectivity index is 2.05. The van der Waals surface area contributed by atoms with Crippen molar-refractivity contribution in [2.24, 2.45) is 0 Å². The van der Waals surface area contributed by atoms with Crippen LogP contribution in [-0.4, -0.2) is 14.1 Å². The fraction of sp³-hybridized carbons (Fsp3) is 0.200. The molecule has 2 rings (SSSR count). The highest BCUT2D eigenvalue weighted by atomic mass is 16.5. The molecule has 0 aliphatic heterocycles. The summed E-state index contributed by atoms with van der Waals surface area (Å²) in [5.41, 5.74) is 1.97. The van der Waals surface area contributed by atoms with Gasteiger partial charge in [0, 0.05) is 19.8 Å². The monoisotopic (exact) mass is 228 g/mol. The molecule has 2 heteroatoms. The highest BCUT2D eigenvalue weighted by molar-refractivity contribution is 5.47. The summed E-state index contributed by atoms with van der Waals surface area (Å²) >= 11 is 0. The van der Waals surface area contributed by atoms with Crippen molar-refractivity contribution in [2.45, 2.75) is 6.58 Å². The van der Waals surface area contributed by atoms with Gasteiger partial charge in [-0.05, 0) is 29.8 Å². The molecular weight excluding hydrogens is 210 g/mol. The van der Waals surface area contributed by atoms with E-state index in [9.17, 15) is 0 Å². The first-order chi connectivity index (χ1) is 8.66. The van der Waals surface area contributed by atoms with Gasteiger partial charge in [-0.25, -0.2) is 0 Å². The molecule has 1 unspecified atom stereocenters. The number of anilines is 1. The van der Waals surface area contributed by atoms with E-state index in [1.54, 1.807) is 0 Å². The summed E-state index contributed by atoms with van der Waals surface area (Å²) in [6.45, 7) is -0.684. The molecule has 0 heterocycles. The zero-order valence-electron chi connectivity index (χ0n) is 11.1. The third kappa shape index (κ3) is 3.25. The second-order valence-corrected chi connectivity index (χ2v) is 4.03. The van der Waals surface area contributed by atoms with Crippen LogP contribution in [0.4, 0.5) is 5.69 Å². The Hall–Kier alpha value is -1.96. The third-order valence-corrected chi connectivity index (χ3v) is 2.48. The van der Waals surface area contributed by atoms with Crippen LogP contribution >= 0.6 is 0 Å². The molecule has 1 atom stereocenters. The van der Waals surface area contributed by atoms with Gasteiger partial charge >= 0.3 is 0 Å². The van der Waals surface area contributed by atoms with E-state index >= 15 is 0 Å². The van der Waals surface area contributed by atoms with Gasteiger partial charge in [0.1, 0.15) is 12.3 Å². The maximum absolute atomic E-state index is 7.96. The Morgan fingerprint density at radius 2 is 1.65 bits per heavy atom. The molecule has 0 aliphatic rings. The van der Waals surface area contributed by atoms with E-state index in [0.717, 1.165) is 11.3 Å². The topological polar surface area (TPSA) is 12.5 Å². The van der Waals surface area contributed by atoms with Crippen molar-refractivity contribution in [3.8, 4) is 5.75 Å². The molecule has 0 N–H and O–H groups in total. The lowest BCUT2D eigenvalue weighted by molar-refractivity contribution is 0.306. The van der Waals surface area contributed by atoms with Crippen LogP contribution in [0.5, 0.6) is 5.75 Å². The van der Waals surface area contributed by atoms with Crippen LogP contribution < -0.4 is 9.64 Å². The normalized spacial score (nSPS) is 12.7. The van der Waals surface area contributed by atoms with Gasteiger partial charge in [-0.15, -0.1) is 0 Å². The molecule has 0 aromatic heterocycles. The molecule has 2 aromatic carbocycles. The fourth-order valence-electron chi connectivity index (χ4n) is 1.49. The van der Waals surface area contributed by atoms with Crippen LogP contribution in [0, 0.1) is 0 Å². The van der Waals surface area contributed by atoms with Gasteiger partial charge in [0.25, 0.3) is 0 Å². The average Bonchev–Trinajstić information content (AvgIpc) is 2.40. The highest BCUT2D eigenvalue weighted by Crippen LogP contribution is 2.18. The van der Waals surface area contributed by atoms with E-state index < -0.39 is 6.58 Å². The zero-order chi connectivity index (χ0) is 13.0. The molecule has 0 fully saturated rings. The fourth-order valence-corrected chi connectivity index (χ4v) is 1.49. The van der Waals surface area contributed by atoms with E-state index in [0.29, 0.717) is 5.75 Å². The molecule has 2 aromatic rings. The second-order valence-electron chi connectivity index (χ2n) is 4.03. The number of nitrogens with zero attached hydrogens (tertiary/aromatic N) is 1. The van der Waals surface area contributed by atoms with Gasteiger partial charge in [-0.1, -0.05) is 30.3 Å². The van der Waals surface area contributed by atoms with Crippen LogP contribution in [0.25, 0.3) is 0 Å². The molecular formula is C15H17NO. The van der Waals surface area contributed by atoms with Crippen molar-refractivity contribution in [1.29, 1.82) is 0 Å². The average molecular weight is 228 g/mol. The number of hydrogen-bond acceptors (Lipinski definition) is 2. The van der Waals surface area contributed by atoms with Crippen molar-refractivity contribution in [1.82, 2.24) is 0 Å². The molecule has 88 valence electrons. The summed E-state index contributed by atoms with van der Waals surface area (Å²) in [6, 6.07) is 17.3. The largest absolute Gasteiger partial charge is 0.489 e. The minimum atomic E-state index is -0.684. The van der Waals surface area contributed by atoms with Crippen molar-refractivity contribution in [3.63, 3.8) is 0 Å². The quantitative estimate of drug-likeness (QED) is 0.796. The summed E-state index contributed by atoms with van der Waals surface area (Å²) in [6.07, 6.45) is 0. The summed E-state index contributed by atoms with van der Waals surface area (Å²) in [4.78, 5) is 2.03. The smallest absolute Gasteiger partial charge is 0.119 e. The van der Waals surface area contributed by atoms with E-state index in [1.165, 1.54) is 0 Å². The molecule has 0 aliphatic carbocycles. The van der Waals surface area contributed by atoms with Crippen molar-refractivity contribution >= 4 is 5.69 Å². The number of ether oxygens (including phenoxy) is 1. The van der Waals surface area contributed by atoms with Gasteiger partial charge < -0.3 is 9.64 Å². The Kier molecular flexibility index (Phi) is 3.24. The first-order valence-electron chi connectivity index (χ1n) is 6.16. The molecule has 0 saturated carbocycles. The Bertz CT molecular complexity index is 482. The standard InChI is InChI=1S/C15H17NO/c1-16(2)14-8-10-15(11-9-14)17-12-13-6-4-3-5-7-13/h3-11H,12H2,1-2H3/i12D. The molecule has 2 nitrogen and oxygen atoms in total. The zero-order valence-corrected chi connectivity index (χ0v) is 10.1. The van der Waals surface area contributed by atoms with Crippen LogP contribution in [-0.2, 0) is 6.58 Å². The van der Waals surface area contributed by atoms with Gasteiger partial charge in [0.15, 0.2) is 0 Å². The molecule has 0 radical (unpaired) electrons. The van der Waals surface area contributed by atoms with Crippen LogP contribution in [0.1, 0.15) is 6.93 Å². The van der Waals surface area contributed by atoms with Crippen molar-refractivity contribution in [3.05, 3.63) is 60.2 Å². The van der Waals surface area contributed by atoms with Gasteiger partial charge in [-0.3, -0.25) is 0 Å². The summed E-state index contributed by atoms with van der Waals surface area (Å²) < 4.78 is 13.5. The Morgan fingerprint density at radius 3 is 2.24 bits per heavy atom. The minimum Gasteiger partial charge on any atom is -0.489 e. The third-order valence-electron chi connectivity index (χ3n) is 2.48. The lowest BCUT2D eigenvalue weighted by Gasteiger charge is -2.13. The van der Waals surface area contributed by atoms with Crippen molar-refractivity contribution < 1.29 is 6.11 Å². The Morgan fingerprint density at radius 1 is 1.00 bits per heavy atom. The van der Waals surface area contributed by atoms with Gasteiger partial charge in [0.05, 0.1) is 1.37 Å². The van der Waals surface area contributed by atoms with E-state index in [4.69, 9.17) is 6.11 Å². The maximum Gasteiger partial charge on any atom is 0.119 e. The molecule has 0 saturated heterocycles. The van der Waals surface area contributed by atoms with E-state index in [1.807, 2.05) is 73.6 Å². The molecule has 17 heavy (non-hydrogen) atoms. The van der Waals surface area contributed by atoms with Crippen LogP contribution in [0.3, 0.4) is 0 Å². The van der Waals surface area contributed by atoms with Crippen LogP contribution in [0.2, 0.25) is 0 Å². The minimum absolute atomic E-state index is 0.684. The lowest BCUT2D eigenvalue weighted by atomic mass is 10.2. The number of rotatable bonds is 4. The van der Waals surface area contributed by atoms with Gasteiger partial charge in [0.2, 0.25) is 0 Å². The SMILES string of the molecule is [2H]C(Oc1ccc(N(C)C)cc1)c1ccccc1. The second kappa shape index (κ2) is 5.39. The predicted octanol–water partition coefficient (Wildman–Crippen LogP) is 3.33. The summed E-state index contributed by atoms with van der Waals surface area (Å²) in [5.74, 6) is 0.712.